The van der Waals surface area contributed by atoms with Crippen molar-refractivity contribution in [2.24, 2.45) is 5.11 Å². The molecule has 6 heteroatoms. The van der Waals surface area contributed by atoms with Crippen LogP contribution < -0.4 is 0 Å². The van der Waals surface area contributed by atoms with E-state index in [1.54, 1.807) is 6.07 Å². The van der Waals surface area contributed by atoms with Crippen LogP contribution in [0.4, 0.5) is 0 Å². The lowest BCUT2D eigenvalue weighted by Gasteiger charge is -2.02. The SMILES string of the molecule is COC(=O)c1ccc(C#CCN=[N+]=[N-])cc1O. The molecule has 1 N–H and O–H groups in total. The van der Waals surface area contributed by atoms with Crippen molar-refractivity contribution in [1.29, 1.82) is 0 Å². The summed E-state index contributed by atoms with van der Waals surface area (Å²) in [6.45, 7) is 0.0516. The fourth-order valence-electron chi connectivity index (χ4n) is 1.10. The van der Waals surface area contributed by atoms with E-state index in [2.05, 4.69) is 26.6 Å². The summed E-state index contributed by atoms with van der Waals surface area (Å²) in [5, 5.41) is 12.8. The van der Waals surface area contributed by atoms with Gasteiger partial charge in [-0.25, -0.2) is 4.79 Å². The minimum atomic E-state index is -0.615. The van der Waals surface area contributed by atoms with Crippen LogP contribution in [0.5, 0.6) is 5.75 Å². The van der Waals surface area contributed by atoms with Crippen molar-refractivity contribution in [3.8, 4) is 17.6 Å². The number of hydrogen-bond acceptors (Lipinski definition) is 4. The average molecular weight is 231 g/mol. The van der Waals surface area contributed by atoms with Crippen molar-refractivity contribution >= 4 is 5.97 Å². The Morgan fingerprint density at radius 1 is 1.65 bits per heavy atom. The molecule has 0 aliphatic carbocycles. The van der Waals surface area contributed by atoms with Gasteiger partial charge in [0.15, 0.2) is 0 Å². The van der Waals surface area contributed by atoms with E-state index in [1.807, 2.05) is 0 Å². The molecule has 0 bridgehead atoms. The van der Waals surface area contributed by atoms with Crippen molar-refractivity contribution in [2.75, 3.05) is 13.7 Å². The van der Waals surface area contributed by atoms with Gasteiger partial charge in [0.2, 0.25) is 0 Å². The van der Waals surface area contributed by atoms with E-state index in [9.17, 15) is 9.90 Å². The molecule has 1 aromatic carbocycles. The van der Waals surface area contributed by atoms with Gasteiger partial charge in [0, 0.05) is 10.5 Å². The van der Waals surface area contributed by atoms with Crippen LogP contribution in [0.2, 0.25) is 0 Å². The van der Waals surface area contributed by atoms with Crippen LogP contribution in [-0.4, -0.2) is 24.7 Å². The molecule has 0 aliphatic rings. The Hall–Kier alpha value is -2.64. The largest absolute Gasteiger partial charge is 0.507 e. The molecule has 0 amide bonds. The highest BCUT2D eigenvalue weighted by Crippen LogP contribution is 2.19. The molecule has 0 aliphatic heterocycles. The predicted octanol–water partition coefficient (Wildman–Crippen LogP) is 1.84. The Morgan fingerprint density at radius 3 is 3.00 bits per heavy atom. The minimum Gasteiger partial charge on any atom is -0.507 e. The molecule has 1 rings (SSSR count). The number of carbonyl (C=O) groups is 1. The number of phenolic OH excluding ortho intramolecular Hbond substituents is 1. The zero-order chi connectivity index (χ0) is 12.7. The Morgan fingerprint density at radius 2 is 2.41 bits per heavy atom. The molecule has 1 aromatic rings. The van der Waals surface area contributed by atoms with Gasteiger partial charge in [-0.1, -0.05) is 17.0 Å². The minimum absolute atomic E-state index is 0.0516. The van der Waals surface area contributed by atoms with Crippen LogP contribution in [0, 0.1) is 11.8 Å². The molecule has 0 aromatic heterocycles. The third-order valence-corrected chi connectivity index (χ3v) is 1.85. The zero-order valence-corrected chi connectivity index (χ0v) is 9.04. The maximum Gasteiger partial charge on any atom is 0.341 e. The van der Waals surface area contributed by atoms with Crippen molar-refractivity contribution in [2.45, 2.75) is 0 Å². The van der Waals surface area contributed by atoms with E-state index in [0.717, 1.165) is 0 Å². The average Bonchev–Trinajstić information content (AvgIpc) is 2.34. The first-order valence-corrected chi connectivity index (χ1v) is 4.60. The monoisotopic (exact) mass is 231 g/mol. The number of aromatic hydroxyl groups is 1. The summed E-state index contributed by atoms with van der Waals surface area (Å²) in [5.41, 5.74) is 8.63. The Kier molecular flexibility index (Phi) is 4.43. The summed E-state index contributed by atoms with van der Waals surface area (Å²) in [5.74, 6) is 4.46. The summed E-state index contributed by atoms with van der Waals surface area (Å²) < 4.78 is 4.48. The molecule has 17 heavy (non-hydrogen) atoms. The Labute approximate surface area is 97.5 Å². The topological polar surface area (TPSA) is 95.3 Å². The summed E-state index contributed by atoms with van der Waals surface area (Å²) in [6, 6.07) is 4.32. The lowest BCUT2D eigenvalue weighted by atomic mass is 10.1. The summed E-state index contributed by atoms with van der Waals surface area (Å²) >= 11 is 0. The van der Waals surface area contributed by atoms with Crippen LogP contribution in [0.1, 0.15) is 15.9 Å². The van der Waals surface area contributed by atoms with E-state index >= 15 is 0 Å². The van der Waals surface area contributed by atoms with Gasteiger partial charge in [0.05, 0.1) is 13.7 Å². The van der Waals surface area contributed by atoms with Crippen molar-refractivity contribution in [3.05, 3.63) is 39.8 Å². The van der Waals surface area contributed by atoms with Crippen molar-refractivity contribution in [3.63, 3.8) is 0 Å². The number of hydrogen-bond donors (Lipinski definition) is 1. The highest BCUT2D eigenvalue weighted by Gasteiger charge is 2.10. The van der Waals surface area contributed by atoms with Gasteiger partial charge >= 0.3 is 5.97 Å². The third-order valence-electron chi connectivity index (χ3n) is 1.85. The number of nitrogens with zero attached hydrogens (tertiary/aromatic N) is 3. The van der Waals surface area contributed by atoms with E-state index in [0.29, 0.717) is 5.56 Å². The number of esters is 1. The highest BCUT2D eigenvalue weighted by atomic mass is 16.5. The third kappa shape index (κ3) is 3.45. The first-order chi connectivity index (χ1) is 8.19. The second kappa shape index (κ2) is 6.05. The van der Waals surface area contributed by atoms with E-state index < -0.39 is 5.97 Å². The van der Waals surface area contributed by atoms with Gasteiger partial charge in [-0.15, -0.1) is 0 Å². The fraction of sp³-hybridized carbons (Fsp3) is 0.182. The molecule has 0 fully saturated rings. The van der Waals surface area contributed by atoms with Crippen LogP contribution in [0.3, 0.4) is 0 Å². The number of azide groups is 1. The maximum atomic E-state index is 11.2. The van der Waals surface area contributed by atoms with E-state index in [4.69, 9.17) is 5.53 Å². The van der Waals surface area contributed by atoms with Gasteiger partial charge < -0.3 is 9.84 Å². The number of benzene rings is 1. The molecule has 0 atom stereocenters. The van der Waals surface area contributed by atoms with E-state index in [1.165, 1.54) is 19.2 Å². The number of rotatable bonds is 2. The number of methoxy groups -OCH3 is 1. The Bertz CT molecular complexity index is 537. The van der Waals surface area contributed by atoms with Gasteiger partial charge in [-0.2, -0.15) is 0 Å². The van der Waals surface area contributed by atoms with Crippen LogP contribution >= 0.6 is 0 Å². The molecular formula is C11H9N3O3. The standard InChI is InChI=1S/C11H9N3O3/c1-17-11(16)9-5-4-8(7-10(9)15)3-2-6-13-14-12/h4-5,7,15H,6H2,1H3. The highest BCUT2D eigenvalue weighted by molar-refractivity contribution is 5.92. The summed E-state index contributed by atoms with van der Waals surface area (Å²) in [4.78, 5) is 13.7. The predicted molar refractivity (Wildman–Crippen MR) is 60.3 cm³/mol. The number of carbonyl (C=O) groups excluding carboxylic acids is 1. The quantitative estimate of drug-likeness (QED) is 0.276. The second-order valence-electron chi connectivity index (χ2n) is 2.91. The maximum absolute atomic E-state index is 11.2. The molecule has 0 heterocycles. The zero-order valence-electron chi connectivity index (χ0n) is 9.04. The molecule has 0 saturated carbocycles. The van der Waals surface area contributed by atoms with Gasteiger partial charge in [0.1, 0.15) is 11.3 Å². The van der Waals surface area contributed by atoms with Gasteiger partial charge in [0.25, 0.3) is 0 Å². The van der Waals surface area contributed by atoms with E-state index in [-0.39, 0.29) is 17.9 Å². The number of ether oxygens (including phenoxy) is 1. The van der Waals surface area contributed by atoms with Crippen LogP contribution in [0.15, 0.2) is 23.3 Å². The van der Waals surface area contributed by atoms with Gasteiger partial charge in [-0.05, 0) is 23.7 Å². The summed E-state index contributed by atoms with van der Waals surface area (Å²) in [6.07, 6.45) is 0. The lowest BCUT2D eigenvalue weighted by molar-refractivity contribution is 0.0597. The molecular weight excluding hydrogens is 222 g/mol. The Balaban J connectivity index is 2.91. The smallest absolute Gasteiger partial charge is 0.341 e. The molecule has 86 valence electrons. The molecule has 0 unspecified atom stereocenters. The first kappa shape index (κ1) is 12.4. The second-order valence-corrected chi connectivity index (χ2v) is 2.91. The molecule has 0 saturated heterocycles. The fourth-order valence-corrected chi connectivity index (χ4v) is 1.10. The molecule has 0 radical (unpaired) electrons. The lowest BCUT2D eigenvalue weighted by Crippen LogP contribution is -2.01. The van der Waals surface area contributed by atoms with Crippen molar-refractivity contribution in [1.82, 2.24) is 0 Å². The van der Waals surface area contributed by atoms with Crippen LogP contribution in [0.25, 0.3) is 10.4 Å². The van der Waals surface area contributed by atoms with Gasteiger partial charge in [-0.3, -0.25) is 0 Å². The molecule has 6 nitrogen and oxygen atoms in total. The number of phenols is 1. The molecule has 0 spiro atoms. The van der Waals surface area contributed by atoms with Crippen molar-refractivity contribution < 1.29 is 14.6 Å². The first-order valence-electron chi connectivity index (χ1n) is 4.60. The normalized spacial score (nSPS) is 8.53. The van der Waals surface area contributed by atoms with Crippen LogP contribution in [-0.2, 0) is 4.74 Å². The summed E-state index contributed by atoms with van der Waals surface area (Å²) in [7, 11) is 1.23.